The molecular formula is C10H11N5O3S. The van der Waals surface area contributed by atoms with E-state index in [2.05, 4.69) is 14.9 Å². The van der Waals surface area contributed by atoms with Crippen LogP contribution in [0.4, 0.5) is 11.5 Å². The molecule has 6 N–H and O–H groups in total. The van der Waals surface area contributed by atoms with Crippen molar-refractivity contribution in [2.75, 3.05) is 10.5 Å². The van der Waals surface area contributed by atoms with Crippen molar-refractivity contribution in [3.8, 4) is 0 Å². The van der Waals surface area contributed by atoms with Crippen LogP contribution in [0.15, 0.2) is 35.4 Å². The number of benzene rings is 1. The first-order valence-electron chi connectivity index (χ1n) is 5.12. The number of nitrogen functional groups attached to an aromatic ring is 1. The summed E-state index contributed by atoms with van der Waals surface area (Å²) in [6.45, 7) is 0. The van der Waals surface area contributed by atoms with E-state index in [1.165, 1.54) is 12.1 Å². The number of aromatic amines is 1. The maximum atomic E-state index is 12.1. The smallest absolute Gasteiger partial charge is 0.267 e. The van der Waals surface area contributed by atoms with E-state index in [1.54, 1.807) is 12.1 Å². The molecule has 0 aliphatic rings. The lowest BCUT2D eigenvalue weighted by molar-refractivity contribution is 0.100. The number of carbonyl (C=O) groups excluding carboxylic acids is 1. The molecule has 1 heterocycles. The number of H-pyrrole nitrogens is 1. The quantitative estimate of drug-likeness (QED) is 0.618. The highest BCUT2D eigenvalue weighted by molar-refractivity contribution is 7.92. The molecule has 0 aliphatic carbocycles. The van der Waals surface area contributed by atoms with E-state index in [-0.39, 0.29) is 22.0 Å². The van der Waals surface area contributed by atoms with Crippen LogP contribution in [0.5, 0.6) is 0 Å². The molecule has 1 aromatic heterocycles. The summed E-state index contributed by atoms with van der Waals surface area (Å²) in [4.78, 5) is 11.0. The van der Waals surface area contributed by atoms with Crippen molar-refractivity contribution >= 4 is 27.4 Å². The lowest BCUT2D eigenvalue weighted by atomic mass is 10.2. The van der Waals surface area contributed by atoms with Gasteiger partial charge in [0.25, 0.3) is 15.9 Å². The molecule has 0 radical (unpaired) electrons. The number of para-hydroxylation sites is 1. The number of sulfonamides is 1. The van der Waals surface area contributed by atoms with Gasteiger partial charge in [-0.2, -0.15) is 5.10 Å². The lowest BCUT2D eigenvalue weighted by Crippen LogP contribution is -2.19. The van der Waals surface area contributed by atoms with Crippen LogP contribution in [0.3, 0.4) is 0 Å². The third kappa shape index (κ3) is 2.50. The number of carbonyl (C=O) groups is 1. The van der Waals surface area contributed by atoms with Gasteiger partial charge in [-0.1, -0.05) is 12.1 Å². The maximum absolute atomic E-state index is 12.1. The molecule has 0 fully saturated rings. The number of rotatable bonds is 4. The Kier molecular flexibility index (Phi) is 3.13. The minimum Gasteiger partial charge on any atom is -0.383 e. The van der Waals surface area contributed by atoms with E-state index >= 15 is 0 Å². The summed E-state index contributed by atoms with van der Waals surface area (Å²) in [5.74, 6) is -0.831. The van der Waals surface area contributed by atoms with Crippen LogP contribution in [-0.2, 0) is 10.0 Å². The summed E-state index contributed by atoms with van der Waals surface area (Å²) in [5, 5.41) is 5.84. The Morgan fingerprint density at radius 3 is 2.58 bits per heavy atom. The zero-order chi connectivity index (χ0) is 14.0. The SMILES string of the molecule is NC(=O)c1ccccc1NS(=O)(=O)c1cn[nH]c1N. The number of amides is 1. The fourth-order valence-corrected chi connectivity index (χ4v) is 2.59. The summed E-state index contributed by atoms with van der Waals surface area (Å²) in [6, 6.07) is 5.99. The number of hydrogen-bond acceptors (Lipinski definition) is 5. The first-order chi connectivity index (χ1) is 8.92. The van der Waals surface area contributed by atoms with Gasteiger partial charge in [0.05, 0.1) is 17.4 Å². The Hall–Kier alpha value is -2.55. The summed E-state index contributed by atoms with van der Waals surface area (Å²) in [5.41, 5.74) is 10.8. The van der Waals surface area contributed by atoms with Gasteiger partial charge in [0, 0.05) is 0 Å². The second-order valence-electron chi connectivity index (χ2n) is 3.66. The van der Waals surface area contributed by atoms with Gasteiger partial charge >= 0.3 is 0 Å². The Morgan fingerprint density at radius 2 is 2.00 bits per heavy atom. The predicted molar refractivity (Wildman–Crippen MR) is 68.8 cm³/mol. The van der Waals surface area contributed by atoms with Crippen molar-refractivity contribution < 1.29 is 13.2 Å². The van der Waals surface area contributed by atoms with E-state index < -0.39 is 15.9 Å². The van der Waals surface area contributed by atoms with Gasteiger partial charge in [-0.15, -0.1) is 0 Å². The molecule has 0 aliphatic heterocycles. The average molecular weight is 281 g/mol. The Balaban J connectivity index is 2.42. The summed E-state index contributed by atoms with van der Waals surface area (Å²) >= 11 is 0. The lowest BCUT2D eigenvalue weighted by Gasteiger charge is -2.09. The summed E-state index contributed by atoms with van der Waals surface area (Å²) in [7, 11) is -3.93. The van der Waals surface area contributed by atoms with Crippen molar-refractivity contribution in [1.29, 1.82) is 0 Å². The van der Waals surface area contributed by atoms with Gasteiger partial charge < -0.3 is 11.5 Å². The zero-order valence-electron chi connectivity index (χ0n) is 9.62. The first kappa shape index (κ1) is 12.9. The molecule has 1 aromatic carbocycles. The highest BCUT2D eigenvalue weighted by atomic mass is 32.2. The molecule has 0 bridgehead atoms. The van der Waals surface area contributed by atoms with Crippen LogP contribution in [0.2, 0.25) is 0 Å². The number of primary amides is 1. The van der Waals surface area contributed by atoms with Crippen LogP contribution < -0.4 is 16.2 Å². The van der Waals surface area contributed by atoms with Gasteiger partial charge in [-0.05, 0) is 12.1 Å². The predicted octanol–water partition coefficient (Wildman–Crippen LogP) is -0.108. The van der Waals surface area contributed by atoms with Crippen LogP contribution in [-0.4, -0.2) is 24.5 Å². The van der Waals surface area contributed by atoms with Crippen molar-refractivity contribution in [2.24, 2.45) is 5.73 Å². The Bertz CT molecular complexity index is 722. The second kappa shape index (κ2) is 4.61. The fourth-order valence-electron chi connectivity index (χ4n) is 1.49. The molecule has 2 aromatic rings. The topological polar surface area (TPSA) is 144 Å². The molecule has 0 spiro atoms. The van der Waals surface area contributed by atoms with E-state index in [9.17, 15) is 13.2 Å². The van der Waals surface area contributed by atoms with Crippen molar-refractivity contribution in [2.45, 2.75) is 4.90 Å². The van der Waals surface area contributed by atoms with E-state index in [0.717, 1.165) is 6.20 Å². The maximum Gasteiger partial charge on any atom is 0.267 e. The molecule has 0 atom stereocenters. The molecule has 100 valence electrons. The number of nitrogens with two attached hydrogens (primary N) is 2. The van der Waals surface area contributed by atoms with Gasteiger partial charge in [0.15, 0.2) is 0 Å². The minimum atomic E-state index is -3.93. The second-order valence-corrected chi connectivity index (χ2v) is 5.31. The van der Waals surface area contributed by atoms with E-state index in [4.69, 9.17) is 11.5 Å². The normalized spacial score (nSPS) is 11.2. The van der Waals surface area contributed by atoms with Crippen LogP contribution in [0.25, 0.3) is 0 Å². The van der Waals surface area contributed by atoms with Gasteiger partial charge in [0.1, 0.15) is 10.7 Å². The molecule has 2 rings (SSSR count). The molecular weight excluding hydrogens is 270 g/mol. The highest BCUT2D eigenvalue weighted by Gasteiger charge is 2.21. The van der Waals surface area contributed by atoms with Gasteiger partial charge in [-0.3, -0.25) is 14.6 Å². The van der Waals surface area contributed by atoms with Crippen molar-refractivity contribution in [1.82, 2.24) is 10.2 Å². The molecule has 8 nitrogen and oxygen atoms in total. The monoisotopic (exact) mass is 281 g/mol. The molecule has 1 amide bonds. The Morgan fingerprint density at radius 1 is 1.32 bits per heavy atom. The fraction of sp³-hybridized carbons (Fsp3) is 0. The van der Waals surface area contributed by atoms with E-state index in [1.807, 2.05) is 0 Å². The Labute approximate surface area is 108 Å². The highest BCUT2D eigenvalue weighted by Crippen LogP contribution is 2.21. The van der Waals surface area contributed by atoms with Gasteiger partial charge in [-0.25, -0.2) is 8.42 Å². The summed E-state index contributed by atoms with van der Waals surface area (Å²) in [6.07, 6.45) is 1.07. The van der Waals surface area contributed by atoms with E-state index in [0.29, 0.717) is 0 Å². The standard InChI is InChI=1S/C10H11N5O3S/c11-9-8(5-13-14-9)19(17,18)15-7-4-2-1-3-6(7)10(12)16/h1-5,15H,(H2,12,16)(H3,11,13,14). The number of nitrogens with zero attached hydrogens (tertiary/aromatic N) is 1. The number of aromatic nitrogens is 2. The number of hydrogen-bond donors (Lipinski definition) is 4. The zero-order valence-corrected chi connectivity index (χ0v) is 10.4. The first-order valence-corrected chi connectivity index (χ1v) is 6.60. The van der Waals surface area contributed by atoms with Crippen LogP contribution in [0, 0.1) is 0 Å². The molecule has 9 heteroatoms. The molecule has 0 saturated heterocycles. The average Bonchev–Trinajstić information content (AvgIpc) is 2.76. The van der Waals surface area contributed by atoms with Crippen molar-refractivity contribution in [3.05, 3.63) is 36.0 Å². The van der Waals surface area contributed by atoms with Crippen LogP contribution >= 0.6 is 0 Å². The number of anilines is 2. The van der Waals surface area contributed by atoms with Crippen LogP contribution in [0.1, 0.15) is 10.4 Å². The largest absolute Gasteiger partial charge is 0.383 e. The summed E-state index contributed by atoms with van der Waals surface area (Å²) < 4.78 is 26.4. The molecule has 19 heavy (non-hydrogen) atoms. The third-order valence-corrected chi connectivity index (χ3v) is 3.75. The molecule has 0 unspecified atom stereocenters. The third-order valence-electron chi connectivity index (χ3n) is 2.36. The van der Waals surface area contributed by atoms with Crippen molar-refractivity contribution in [3.63, 3.8) is 0 Å². The minimum absolute atomic E-state index is 0.0631. The number of nitrogens with one attached hydrogen (secondary N) is 2. The van der Waals surface area contributed by atoms with Gasteiger partial charge in [0.2, 0.25) is 0 Å². The molecule has 0 saturated carbocycles.